The molecule has 1 saturated heterocycles. The minimum Gasteiger partial charge on any atom is -0.353 e. The first-order valence-corrected chi connectivity index (χ1v) is 8.16. The summed E-state index contributed by atoms with van der Waals surface area (Å²) in [4.78, 5) is 26.3. The first-order valence-electron chi connectivity index (χ1n) is 8.16. The molecule has 0 unspecified atom stereocenters. The highest BCUT2D eigenvalue weighted by molar-refractivity contribution is 5.89. The molecule has 0 aromatic carbocycles. The van der Waals surface area contributed by atoms with Crippen molar-refractivity contribution in [2.24, 2.45) is 17.8 Å². The van der Waals surface area contributed by atoms with Crippen LogP contribution in [0.2, 0.25) is 0 Å². The lowest BCUT2D eigenvalue weighted by atomic mass is 9.78. The van der Waals surface area contributed by atoms with Gasteiger partial charge in [-0.05, 0) is 31.1 Å². The van der Waals surface area contributed by atoms with Crippen LogP contribution in [0.1, 0.15) is 52.4 Å². The van der Waals surface area contributed by atoms with E-state index in [1.807, 2.05) is 4.90 Å². The summed E-state index contributed by atoms with van der Waals surface area (Å²) in [5, 5.41) is 3.22. The monoisotopic (exact) mass is 278 g/mol. The molecule has 0 spiro atoms. The van der Waals surface area contributed by atoms with Gasteiger partial charge >= 0.3 is 0 Å². The number of nitrogens with one attached hydrogen (secondary N) is 1. The molecule has 0 aromatic heterocycles. The Labute approximate surface area is 121 Å². The molecule has 3 fully saturated rings. The molecule has 20 heavy (non-hydrogen) atoms. The van der Waals surface area contributed by atoms with E-state index in [2.05, 4.69) is 19.2 Å². The zero-order valence-corrected chi connectivity index (χ0v) is 12.6. The van der Waals surface area contributed by atoms with Crippen molar-refractivity contribution in [3.8, 4) is 0 Å². The second kappa shape index (κ2) is 5.38. The molecular weight excluding hydrogens is 252 g/mol. The lowest BCUT2D eigenvalue weighted by molar-refractivity contribution is -0.129. The number of carbonyl (C=O) groups is 2. The average molecular weight is 278 g/mol. The van der Waals surface area contributed by atoms with Crippen molar-refractivity contribution in [3.05, 3.63) is 0 Å². The molecule has 1 N–H and O–H groups in total. The number of hydrogen-bond donors (Lipinski definition) is 1. The largest absolute Gasteiger partial charge is 0.353 e. The summed E-state index contributed by atoms with van der Waals surface area (Å²) in [6.45, 7) is 5.16. The fourth-order valence-electron chi connectivity index (χ4n) is 3.73. The quantitative estimate of drug-likeness (QED) is 0.857. The van der Waals surface area contributed by atoms with Gasteiger partial charge in [0.05, 0.1) is 5.92 Å². The maximum atomic E-state index is 12.4. The number of nitrogens with zero attached hydrogens (tertiary/aromatic N) is 1. The third kappa shape index (κ3) is 2.70. The summed E-state index contributed by atoms with van der Waals surface area (Å²) in [5.74, 6) is 1.39. The molecule has 3 rings (SSSR count). The Morgan fingerprint density at radius 2 is 1.95 bits per heavy atom. The normalized spacial score (nSPS) is 38.1. The van der Waals surface area contributed by atoms with E-state index in [-0.39, 0.29) is 17.7 Å². The van der Waals surface area contributed by atoms with Crippen molar-refractivity contribution in [3.63, 3.8) is 0 Å². The van der Waals surface area contributed by atoms with E-state index in [0.29, 0.717) is 36.9 Å². The second-order valence-electron chi connectivity index (χ2n) is 7.06. The summed E-state index contributed by atoms with van der Waals surface area (Å²) in [6.07, 6.45) is 6.22. The minimum atomic E-state index is -0.118. The van der Waals surface area contributed by atoms with E-state index in [0.717, 1.165) is 19.3 Å². The van der Waals surface area contributed by atoms with E-state index in [9.17, 15) is 9.59 Å². The molecule has 4 nitrogen and oxygen atoms in total. The molecule has 3 aliphatic rings. The molecule has 1 heterocycles. The van der Waals surface area contributed by atoms with E-state index in [1.165, 1.54) is 12.8 Å². The number of carbonyl (C=O) groups excluding carboxylic acids is 2. The number of hydrogen-bond acceptors (Lipinski definition) is 2. The van der Waals surface area contributed by atoms with Gasteiger partial charge in [0.15, 0.2) is 0 Å². The van der Waals surface area contributed by atoms with E-state index >= 15 is 0 Å². The van der Waals surface area contributed by atoms with Crippen molar-refractivity contribution < 1.29 is 9.59 Å². The molecule has 4 atom stereocenters. The number of amides is 2. The van der Waals surface area contributed by atoms with Gasteiger partial charge in [-0.3, -0.25) is 9.59 Å². The van der Waals surface area contributed by atoms with Crippen molar-refractivity contribution in [2.75, 3.05) is 6.54 Å². The molecule has 2 saturated carbocycles. The predicted molar refractivity (Wildman–Crippen MR) is 77.0 cm³/mol. The summed E-state index contributed by atoms with van der Waals surface area (Å²) in [6, 6.07) is 0.741. The van der Waals surface area contributed by atoms with Gasteiger partial charge in [0.25, 0.3) is 0 Å². The van der Waals surface area contributed by atoms with Crippen LogP contribution in [0.25, 0.3) is 0 Å². The minimum absolute atomic E-state index is 0.104. The van der Waals surface area contributed by atoms with Crippen LogP contribution in [-0.4, -0.2) is 35.3 Å². The highest BCUT2D eigenvalue weighted by Gasteiger charge is 2.42. The summed E-state index contributed by atoms with van der Waals surface area (Å²) >= 11 is 0. The smallest absolute Gasteiger partial charge is 0.225 e. The van der Waals surface area contributed by atoms with E-state index < -0.39 is 0 Å². The Kier molecular flexibility index (Phi) is 3.74. The van der Waals surface area contributed by atoms with Crippen molar-refractivity contribution in [1.29, 1.82) is 0 Å². The highest BCUT2D eigenvalue weighted by Crippen LogP contribution is 2.33. The van der Waals surface area contributed by atoms with Crippen molar-refractivity contribution in [1.82, 2.24) is 10.2 Å². The first-order chi connectivity index (χ1) is 9.56. The first kappa shape index (κ1) is 13.9. The van der Waals surface area contributed by atoms with Crippen LogP contribution < -0.4 is 5.32 Å². The molecule has 2 amide bonds. The van der Waals surface area contributed by atoms with Gasteiger partial charge in [-0.1, -0.05) is 26.7 Å². The Balaban J connectivity index is 1.55. The predicted octanol–water partition coefficient (Wildman–Crippen LogP) is 1.94. The summed E-state index contributed by atoms with van der Waals surface area (Å²) in [5.41, 5.74) is 0. The molecule has 4 heteroatoms. The van der Waals surface area contributed by atoms with Gasteiger partial charge in [-0.2, -0.15) is 0 Å². The van der Waals surface area contributed by atoms with Gasteiger partial charge in [0, 0.05) is 25.0 Å². The fraction of sp³-hybridized carbons (Fsp3) is 0.875. The van der Waals surface area contributed by atoms with Crippen LogP contribution in [0.5, 0.6) is 0 Å². The zero-order chi connectivity index (χ0) is 14.3. The lowest BCUT2D eigenvalue weighted by Gasteiger charge is -2.35. The van der Waals surface area contributed by atoms with Gasteiger partial charge in [0.2, 0.25) is 11.8 Å². The van der Waals surface area contributed by atoms with Crippen LogP contribution in [-0.2, 0) is 9.59 Å². The Morgan fingerprint density at radius 3 is 2.65 bits per heavy atom. The van der Waals surface area contributed by atoms with E-state index in [4.69, 9.17) is 0 Å². The highest BCUT2D eigenvalue weighted by atomic mass is 16.2. The number of likely N-dealkylation sites (tertiary alicyclic amines) is 1. The third-order valence-corrected chi connectivity index (χ3v) is 5.55. The molecule has 0 aromatic rings. The molecule has 0 bridgehead atoms. The Morgan fingerprint density at radius 1 is 1.20 bits per heavy atom. The SMILES string of the molecule is C[C@@H]1[C@H](C)CCC[C@@H]1NC(=O)[C@H]1CC(=O)N(C2CC2)C1. The maximum absolute atomic E-state index is 12.4. The standard InChI is InChI=1S/C16H26N2O2/c1-10-4-3-5-14(11(10)2)17-16(20)12-8-15(19)18(9-12)13-6-7-13/h10-14H,3-9H2,1-2H3,(H,17,20)/t10-,11-,12+,14+/m1/s1. The average Bonchev–Trinajstić information content (AvgIpc) is 3.18. The Hall–Kier alpha value is -1.06. The molecule has 0 radical (unpaired) electrons. The zero-order valence-electron chi connectivity index (χ0n) is 12.6. The van der Waals surface area contributed by atoms with Gasteiger partial charge < -0.3 is 10.2 Å². The van der Waals surface area contributed by atoms with E-state index in [1.54, 1.807) is 0 Å². The van der Waals surface area contributed by atoms with Gasteiger partial charge in [-0.15, -0.1) is 0 Å². The molecule has 2 aliphatic carbocycles. The van der Waals surface area contributed by atoms with Crippen molar-refractivity contribution >= 4 is 11.8 Å². The van der Waals surface area contributed by atoms with Crippen LogP contribution in [0.15, 0.2) is 0 Å². The topological polar surface area (TPSA) is 49.4 Å². The molecule has 1 aliphatic heterocycles. The molecular formula is C16H26N2O2. The van der Waals surface area contributed by atoms with Crippen LogP contribution >= 0.6 is 0 Å². The third-order valence-electron chi connectivity index (χ3n) is 5.55. The van der Waals surface area contributed by atoms with Crippen molar-refractivity contribution in [2.45, 2.75) is 64.5 Å². The molecule has 112 valence electrons. The maximum Gasteiger partial charge on any atom is 0.225 e. The number of rotatable bonds is 3. The Bertz CT molecular complexity index is 405. The van der Waals surface area contributed by atoms with Gasteiger partial charge in [-0.25, -0.2) is 0 Å². The van der Waals surface area contributed by atoms with Gasteiger partial charge in [0.1, 0.15) is 0 Å². The van der Waals surface area contributed by atoms with Crippen LogP contribution in [0, 0.1) is 17.8 Å². The van der Waals surface area contributed by atoms with Crippen LogP contribution in [0.4, 0.5) is 0 Å². The van der Waals surface area contributed by atoms with Crippen LogP contribution in [0.3, 0.4) is 0 Å². The summed E-state index contributed by atoms with van der Waals surface area (Å²) in [7, 11) is 0. The summed E-state index contributed by atoms with van der Waals surface area (Å²) < 4.78 is 0. The second-order valence-corrected chi connectivity index (χ2v) is 7.06. The fourth-order valence-corrected chi connectivity index (χ4v) is 3.73. The lowest BCUT2D eigenvalue weighted by Crippen LogP contribution is -2.46.